The molecule has 8 heteroatoms. The summed E-state index contributed by atoms with van der Waals surface area (Å²) in [6.45, 7) is 8.52. The third-order valence-corrected chi connectivity index (χ3v) is 3.96. The molecule has 0 aromatic heterocycles. The summed E-state index contributed by atoms with van der Waals surface area (Å²) >= 11 is 6.24. The van der Waals surface area contributed by atoms with Crippen LogP contribution >= 0.6 is 11.6 Å². The van der Waals surface area contributed by atoms with Crippen LogP contribution in [0, 0.1) is 17.0 Å². The van der Waals surface area contributed by atoms with Gasteiger partial charge in [-0.05, 0) is 39.7 Å². The van der Waals surface area contributed by atoms with Crippen LogP contribution in [-0.2, 0) is 4.74 Å². The van der Waals surface area contributed by atoms with Crippen LogP contribution in [0.15, 0.2) is 12.1 Å². The first-order valence-corrected chi connectivity index (χ1v) is 8.13. The van der Waals surface area contributed by atoms with Crippen LogP contribution in [0.5, 0.6) is 0 Å². The van der Waals surface area contributed by atoms with E-state index in [0.29, 0.717) is 18.1 Å². The monoisotopic (exact) mass is 355 g/mol. The lowest BCUT2D eigenvalue weighted by atomic mass is 10.1. The van der Waals surface area contributed by atoms with Gasteiger partial charge >= 0.3 is 6.09 Å². The van der Waals surface area contributed by atoms with E-state index in [9.17, 15) is 14.9 Å². The average Bonchev–Trinajstić information content (AvgIpc) is 2.83. The fourth-order valence-electron chi connectivity index (χ4n) is 2.78. The normalized spacial score (nSPS) is 17.7. The van der Waals surface area contributed by atoms with Gasteiger partial charge < -0.3 is 15.0 Å². The van der Waals surface area contributed by atoms with Gasteiger partial charge in [-0.2, -0.15) is 0 Å². The van der Waals surface area contributed by atoms with Crippen molar-refractivity contribution in [1.29, 1.82) is 0 Å². The minimum absolute atomic E-state index is 0.0242. The zero-order valence-corrected chi connectivity index (χ0v) is 15.0. The molecule has 1 aliphatic heterocycles. The van der Waals surface area contributed by atoms with Crippen molar-refractivity contribution < 1.29 is 14.5 Å². The van der Waals surface area contributed by atoms with Crippen molar-refractivity contribution >= 4 is 29.1 Å². The number of hydrogen-bond acceptors (Lipinski definition) is 5. The number of carbonyl (C=O) groups excluding carboxylic acids is 1. The molecule has 1 aromatic carbocycles. The largest absolute Gasteiger partial charge is 0.444 e. The average molecular weight is 356 g/mol. The molecule has 2 rings (SSSR count). The summed E-state index contributed by atoms with van der Waals surface area (Å²) in [5.74, 6) is 0. The van der Waals surface area contributed by atoms with Crippen molar-refractivity contribution in [3.63, 3.8) is 0 Å². The molecule has 1 aliphatic rings. The van der Waals surface area contributed by atoms with Crippen LogP contribution in [0.1, 0.15) is 32.8 Å². The summed E-state index contributed by atoms with van der Waals surface area (Å²) in [7, 11) is 0. The van der Waals surface area contributed by atoms with Gasteiger partial charge in [0.2, 0.25) is 0 Å². The number of nitrogens with zero attached hydrogens (tertiary/aromatic N) is 2. The second kappa shape index (κ2) is 6.84. The van der Waals surface area contributed by atoms with E-state index in [1.807, 2.05) is 25.7 Å². The fraction of sp³-hybridized carbons (Fsp3) is 0.562. The van der Waals surface area contributed by atoms with E-state index >= 15 is 0 Å². The van der Waals surface area contributed by atoms with Gasteiger partial charge in [0.15, 0.2) is 0 Å². The zero-order valence-electron chi connectivity index (χ0n) is 14.3. The number of carbonyl (C=O) groups is 1. The Kier molecular flexibility index (Phi) is 5.22. The third-order valence-electron chi connectivity index (χ3n) is 3.67. The van der Waals surface area contributed by atoms with Crippen molar-refractivity contribution in [3.05, 3.63) is 32.8 Å². The fourth-order valence-corrected chi connectivity index (χ4v) is 3.16. The number of nitro benzene ring substituents is 1. The van der Waals surface area contributed by atoms with Gasteiger partial charge in [0.1, 0.15) is 5.60 Å². The first-order chi connectivity index (χ1) is 11.1. The van der Waals surface area contributed by atoms with E-state index in [0.717, 1.165) is 17.7 Å². The predicted molar refractivity (Wildman–Crippen MR) is 92.8 cm³/mol. The molecule has 1 fully saturated rings. The highest BCUT2D eigenvalue weighted by molar-refractivity contribution is 6.33. The first kappa shape index (κ1) is 18.3. The molecule has 0 radical (unpaired) electrons. The van der Waals surface area contributed by atoms with Gasteiger partial charge in [0, 0.05) is 25.2 Å². The molecule has 0 bridgehead atoms. The second-order valence-corrected chi connectivity index (χ2v) is 7.34. The van der Waals surface area contributed by atoms with Crippen LogP contribution in [0.25, 0.3) is 0 Å². The van der Waals surface area contributed by atoms with E-state index in [1.165, 1.54) is 12.1 Å². The molecule has 0 aliphatic carbocycles. The van der Waals surface area contributed by atoms with Gasteiger partial charge in [0.05, 0.1) is 21.7 Å². The standard InChI is InChI=1S/C16H22ClN3O4/c1-10-7-12(20(22)23)8-13(17)14(10)19-6-5-11(9-19)18-15(21)24-16(2,3)4/h7-8,11H,5-6,9H2,1-4H3,(H,18,21). The van der Waals surface area contributed by atoms with E-state index < -0.39 is 16.6 Å². The number of halogens is 1. The highest BCUT2D eigenvalue weighted by Crippen LogP contribution is 2.35. The van der Waals surface area contributed by atoms with E-state index in [4.69, 9.17) is 16.3 Å². The minimum Gasteiger partial charge on any atom is -0.444 e. The van der Waals surface area contributed by atoms with Crippen molar-refractivity contribution in [1.82, 2.24) is 5.32 Å². The van der Waals surface area contributed by atoms with Crippen molar-refractivity contribution in [2.45, 2.75) is 45.8 Å². The Bertz CT molecular complexity index is 634. The molecule has 1 saturated heterocycles. The molecular formula is C16H22ClN3O4. The maximum Gasteiger partial charge on any atom is 0.407 e. The maximum atomic E-state index is 11.9. The molecule has 1 unspecified atom stereocenters. The Morgan fingerprint density at radius 2 is 2.12 bits per heavy atom. The Morgan fingerprint density at radius 1 is 1.46 bits per heavy atom. The number of rotatable bonds is 3. The molecule has 7 nitrogen and oxygen atoms in total. The number of ether oxygens (including phenoxy) is 1. The Balaban J connectivity index is 2.06. The highest BCUT2D eigenvalue weighted by atomic mass is 35.5. The molecule has 0 spiro atoms. The number of nitrogens with one attached hydrogen (secondary N) is 1. The molecule has 1 aromatic rings. The number of anilines is 1. The summed E-state index contributed by atoms with van der Waals surface area (Å²) in [5, 5.41) is 14.1. The SMILES string of the molecule is Cc1cc([N+](=O)[O-])cc(Cl)c1N1CCC(NC(=O)OC(C)(C)C)C1. The molecule has 24 heavy (non-hydrogen) atoms. The summed E-state index contributed by atoms with van der Waals surface area (Å²) < 4.78 is 5.26. The molecule has 1 amide bonds. The summed E-state index contributed by atoms with van der Waals surface area (Å²) in [6, 6.07) is 2.82. The Morgan fingerprint density at radius 3 is 2.67 bits per heavy atom. The van der Waals surface area contributed by atoms with Gasteiger partial charge in [-0.1, -0.05) is 11.6 Å². The number of nitro groups is 1. The molecule has 1 atom stereocenters. The highest BCUT2D eigenvalue weighted by Gasteiger charge is 2.28. The molecular weight excluding hydrogens is 334 g/mol. The Labute approximate surface area is 146 Å². The van der Waals surface area contributed by atoms with Crippen molar-refractivity contribution in [2.24, 2.45) is 0 Å². The molecule has 1 N–H and O–H groups in total. The maximum absolute atomic E-state index is 11.9. The molecule has 0 saturated carbocycles. The second-order valence-electron chi connectivity index (χ2n) is 6.93. The van der Waals surface area contributed by atoms with E-state index in [1.54, 1.807) is 6.92 Å². The topological polar surface area (TPSA) is 84.7 Å². The van der Waals surface area contributed by atoms with Crippen LogP contribution < -0.4 is 10.2 Å². The minimum atomic E-state index is -0.541. The summed E-state index contributed by atoms with van der Waals surface area (Å²) in [6.07, 6.45) is 0.312. The number of amides is 1. The number of hydrogen-bond donors (Lipinski definition) is 1. The predicted octanol–water partition coefficient (Wildman–Crippen LogP) is 3.66. The summed E-state index contributed by atoms with van der Waals surface area (Å²) in [4.78, 5) is 24.3. The summed E-state index contributed by atoms with van der Waals surface area (Å²) in [5.41, 5.74) is 0.951. The molecule has 1 heterocycles. The number of alkyl carbamates (subject to hydrolysis) is 1. The van der Waals surface area contributed by atoms with Crippen LogP contribution in [0.4, 0.5) is 16.2 Å². The van der Waals surface area contributed by atoms with Crippen molar-refractivity contribution in [2.75, 3.05) is 18.0 Å². The van der Waals surface area contributed by atoms with E-state index in [2.05, 4.69) is 5.32 Å². The van der Waals surface area contributed by atoms with Gasteiger partial charge in [0.25, 0.3) is 5.69 Å². The smallest absolute Gasteiger partial charge is 0.407 e. The number of non-ortho nitro benzene ring substituents is 1. The van der Waals surface area contributed by atoms with Crippen molar-refractivity contribution in [3.8, 4) is 0 Å². The van der Waals surface area contributed by atoms with Gasteiger partial charge in [-0.3, -0.25) is 10.1 Å². The first-order valence-electron chi connectivity index (χ1n) is 7.76. The lowest BCUT2D eigenvalue weighted by Crippen LogP contribution is -2.40. The zero-order chi connectivity index (χ0) is 18.1. The number of aryl methyl sites for hydroxylation is 1. The van der Waals surface area contributed by atoms with E-state index in [-0.39, 0.29) is 11.7 Å². The Hall–Kier alpha value is -2.02. The lowest BCUT2D eigenvalue weighted by Gasteiger charge is -2.23. The van der Waals surface area contributed by atoms with Gasteiger partial charge in [-0.25, -0.2) is 4.79 Å². The molecule has 132 valence electrons. The van der Waals surface area contributed by atoms with Gasteiger partial charge in [-0.15, -0.1) is 0 Å². The van der Waals surface area contributed by atoms with Crippen LogP contribution in [-0.4, -0.2) is 35.7 Å². The quantitative estimate of drug-likeness (QED) is 0.660. The third kappa shape index (κ3) is 4.50. The lowest BCUT2D eigenvalue weighted by molar-refractivity contribution is -0.384. The number of benzene rings is 1. The van der Waals surface area contributed by atoms with Crippen LogP contribution in [0.2, 0.25) is 5.02 Å². The van der Waals surface area contributed by atoms with Crippen LogP contribution in [0.3, 0.4) is 0 Å².